The van der Waals surface area contributed by atoms with E-state index in [4.69, 9.17) is 4.42 Å². The third kappa shape index (κ3) is 3.04. The van der Waals surface area contributed by atoms with E-state index >= 15 is 0 Å². The van der Waals surface area contributed by atoms with Gasteiger partial charge in [-0.3, -0.25) is 9.78 Å². The summed E-state index contributed by atoms with van der Waals surface area (Å²) in [7, 11) is 0. The minimum absolute atomic E-state index is 0.208. The molecule has 0 aliphatic rings. The van der Waals surface area contributed by atoms with E-state index in [9.17, 15) is 4.79 Å². The van der Waals surface area contributed by atoms with E-state index in [1.807, 2.05) is 56.3 Å². The van der Waals surface area contributed by atoms with Gasteiger partial charge in [0.1, 0.15) is 0 Å². The molecule has 0 unspecified atom stereocenters. The topological polar surface area (TPSA) is 80.9 Å². The van der Waals surface area contributed by atoms with Gasteiger partial charge in [0.05, 0.1) is 16.8 Å². The fourth-order valence-corrected chi connectivity index (χ4v) is 2.83. The summed E-state index contributed by atoms with van der Waals surface area (Å²) in [4.78, 5) is 17.3. The summed E-state index contributed by atoms with van der Waals surface area (Å²) in [6, 6.07) is 15.1. The summed E-state index contributed by atoms with van der Waals surface area (Å²) in [5.41, 5.74) is 4.65. The lowest BCUT2D eigenvalue weighted by Crippen LogP contribution is -2.14. The lowest BCUT2D eigenvalue weighted by atomic mass is 10.1. The standard InChI is InChI=1S/C20H16N4O2/c1-12-6-7-14-10-17(13(2)22-18(14)8-12)19(25)23-16-5-3-4-15(9-16)20-24-21-11-26-20/h3-11H,1-2H3,(H,23,25). The highest BCUT2D eigenvalue weighted by atomic mass is 16.4. The maximum atomic E-state index is 12.7. The first-order valence-corrected chi connectivity index (χ1v) is 8.16. The van der Waals surface area contributed by atoms with Crippen molar-refractivity contribution in [1.82, 2.24) is 15.2 Å². The second kappa shape index (κ2) is 6.40. The number of fused-ring (bicyclic) bond motifs is 1. The number of anilines is 1. The first-order valence-electron chi connectivity index (χ1n) is 8.16. The zero-order chi connectivity index (χ0) is 18.1. The van der Waals surface area contributed by atoms with Crippen molar-refractivity contribution in [2.24, 2.45) is 0 Å². The number of benzene rings is 2. The van der Waals surface area contributed by atoms with Gasteiger partial charge in [-0.15, -0.1) is 10.2 Å². The Morgan fingerprint density at radius 2 is 1.96 bits per heavy atom. The van der Waals surface area contributed by atoms with Crippen LogP contribution < -0.4 is 5.32 Å². The van der Waals surface area contributed by atoms with E-state index in [1.165, 1.54) is 6.39 Å². The van der Waals surface area contributed by atoms with Crippen LogP contribution in [0.5, 0.6) is 0 Å². The van der Waals surface area contributed by atoms with Gasteiger partial charge in [0.25, 0.3) is 5.91 Å². The SMILES string of the molecule is Cc1ccc2cc(C(=O)Nc3cccc(-c4nnco4)c3)c(C)nc2c1. The number of rotatable bonds is 3. The van der Waals surface area contributed by atoms with Crippen molar-refractivity contribution in [1.29, 1.82) is 0 Å². The summed E-state index contributed by atoms with van der Waals surface area (Å²) in [5, 5.41) is 11.4. The van der Waals surface area contributed by atoms with E-state index in [1.54, 1.807) is 6.07 Å². The fourth-order valence-electron chi connectivity index (χ4n) is 2.83. The molecule has 6 heteroatoms. The average molecular weight is 344 g/mol. The smallest absolute Gasteiger partial charge is 0.257 e. The second-order valence-corrected chi connectivity index (χ2v) is 6.10. The van der Waals surface area contributed by atoms with Crippen LogP contribution in [-0.4, -0.2) is 21.1 Å². The molecule has 0 saturated heterocycles. The Morgan fingerprint density at radius 3 is 2.77 bits per heavy atom. The maximum Gasteiger partial charge on any atom is 0.257 e. The molecule has 2 aromatic heterocycles. The van der Waals surface area contributed by atoms with Gasteiger partial charge in [0, 0.05) is 16.6 Å². The summed E-state index contributed by atoms with van der Waals surface area (Å²) in [6.45, 7) is 3.86. The lowest BCUT2D eigenvalue weighted by molar-refractivity contribution is 0.102. The molecule has 128 valence electrons. The van der Waals surface area contributed by atoms with Crippen LogP contribution in [0.2, 0.25) is 0 Å². The molecule has 0 aliphatic carbocycles. The molecule has 0 aliphatic heterocycles. The van der Waals surface area contributed by atoms with Crippen LogP contribution in [0, 0.1) is 13.8 Å². The number of nitrogens with zero attached hydrogens (tertiary/aromatic N) is 3. The molecule has 4 aromatic rings. The number of aromatic nitrogens is 3. The Bertz CT molecular complexity index is 1100. The Hall–Kier alpha value is -3.54. The number of carbonyl (C=O) groups is 1. The molecule has 26 heavy (non-hydrogen) atoms. The first kappa shape index (κ1) is 16.0. The quantitative estimate of drug-likeness (QED) is 0.604. The molecular weight excluding hydrogens is 328 g/mol. The normalized spacial score (nSPS) is 10.8. The van der Waals surface area contributed by atoms with Crippen molar-refractivity contribution >= 4 is 22.5 Å². The third-order valence-electron chi connectivity index (χ3n) is 4.14. The van der Waals surface area contributed by atoms with Crippen molar-refractivity contribution in [2.75, 3.05) is 5.32 Å². The summed E-state index contributed by atoms with van der Waals surface area (Å²) < 4.78 is 5.20. The van der Waals surface area contributed by atoms with Gasteiger partial charge in [0.15, 0.2) is 0 Å². The van der Waals surface area contributed by atoms with Crippen LogP contribution in [0.15, 0.2) is 59.3 Å². The van der Waals surface area contributed by atoms with Crippen LogP contribution in [0.4, 0.5) is 5.69 Å². The molecule has 0 radical (unpaired) electrons. The van der Waals surface area contributed by atoms with Gasteiger partial charge in [-0.25, -0.2) is 0 Å². The Kier molecular flexibility index (Phi) is 3.93. The second-order valence-electron chi connectivity index (χ2n) is 6.10. The molecule has 4 rings (SSSR count). The number of aryl methyl sites for hydroxylation is 2. The predicted molar refractivity (Wildman–Crippen MR) is 98.9 cm³/mol. The Morgan fingerprint density at radius 1 is 1.08 bits per heavy atom. The van der Waals surface area contributed by atoms with E-state index in [2.05, 4.69) is 20.5 Å². The largest absolute Gasteiger partial charge is 0.423 e. The number of hydrogen-bond acceptors (Lipinski definition) is 5. The molecular formula is C20H16N4O2. The molecule has 2 aromatic carbocycles. The number of hydrogen-bond donors (Lipinski definition) is 1. The van der Waals surface area contributed by atoms with Crippen LogP contribution in [0.1, 0.15) is 21.6 Å². The van der Waals surface area contributed by atoms with Gasteiger partial charge in [-0.2, -0.15) is 0 Å². The number of pyridine rings is 1. The van der Waals surface area contributed by atoms with Gasteiger partial charge in [-0.1, -0.05) is 18.2 Å². The summed E-state index contributed by atoms with van der Waals surface area (Å²) in [6.07, 6.45) is 1.27. The van der Waals surface area contributed by atoms with Crippen LogP contribution in [0.25, 0.3) is 22.4 Å². The van der Waals surface area contributed by atoms with Crippen molar-refractivity contribution in [2.45, 2.75) is 13.8 Å². The predicted octanol–water partition coefficient (Wildman–Crippen LogP) is 4.15. The molecule has 0 atom stereocenters. The van der Waals surface area contributed by atoms with E-state index < -0.39 is 0 Å². The molecule has 2 heterocycles. The van der Waals surface area contributed by atoms with E-state index in [-0.39, 0.29) is 5.91 Å². The molecule has 1 N–H and O–H groups in total. The first-order chi connectivity index (χ1) is 12.6. The number of carbonyl (C=O) groups excluding carboxylic acids is 1. The van der Waals surface area contributed by atoms with Gasteiger partial charge >= 0.3 is 0 Å². The van der Waals surface area contributed by atoms with Gasteiger partial charge in [-0.05, 0) is 49.7 Å². The van der Waals surface area contributed by atoms with Crippen molar-refractivity contribution in [3.63, 3.8) is 0 Å². The van der Waals surface area contributed by atoms with Crippen molar-refractivity contribution < 1.29 is 9.21 Å². The summed E-state index contributed by atoms with van der Waals surface area (Å²) >= 11 is 0. The van der Waals surface area contributed by atoms with Crippen LogP contribution >= 0.6 is 0 Å². The van der Waals surface area contributed by atoms with E-state index in [0.717, 1.165) is 22.0 Å². The molecule has 0 saturated carbocycles. The lowest BCUT2D eigenvalue weighted by Gasteiger charge is -2.10. The minimum Gasteiger partial charge on any atom is -0.423 e. The zero-order valence-corrected chi connectivity index (χ0v) is 14.4. The van der Waals surface area contributed by atoms with E-state index in [0.29, 0.717) is 22.8 Å². The highest BCUT2D eigenvalue weighted by Crippen LogP contribution is 2.22. The van der Waals surface area contributed by atoms with Gasteiger partial charge < -0.3 is 9.73 Å². The van der Waals surface area contributed by atoms with Gasteiger partial charge in [0.2, 0.25) is 12.3 Å². The van der Waals surface area contributed by atoms with Crippen molar-refractivity contribution in [3.05, 3.63) is 71.7 Å². The van der Waals surface area contributed by atoms with Crippen LogP contribution in [0.3, 0.4) is 0 Å². The number of amides is 1. The molecule has 0 spiro atoms. The zero-order valence-electron chi connectivity index (χ0n) is 14.4. The Balaban J connectivity index is 1.64. The third-order valence-corrected chi connectivity index (χ3v) is 4.14. The Labute approximate surface area is 149 Å². The average Bonchev–Trinajstić information content (AvgIpc) is 3.16. The minimum atomic E-state index is -0.208. The molecule has 6 nitrogen and oxygen atoms in total. The van der Waals surface area contributed by atoms with Crippen LogP contribution in [-0.2, 0) is 0 Å². The summed E-state index contributed by atoms with van der Waals surface area (Å²) in [5.74, 6) is 0.195. The molecule has 1 amide bonds. The maximum absolute atomic E-state index is 12.7. The fraction of sp³-hybridized carbons (Fsp3) is 0.100. The molecule has 0 fully saturated rings. The monoisotopic (exact) mass is 344 g/mol. The highest BCUT2D eigenvalue weighted by Gasteiger charge is 2.13. The van der Waals surface area contributed by atoms with Crippen molar-refractivity contribution in [3.8, 4) is 11.5 Å². The molecule has 0 bridgehead atoms. The highest BCUT2D eigenvalue weighted by molar-refractivity contribution is 6.07. The number of nitrogens with one attached hydrogen (secondary N) is 1.